The van der Waals surface area contributed by atoms with E-state index in [2.05, 4.69) is 20.9 Å². The van der Waals surface area contributed by atoms with Crippen LogP contribution in [0.3, 0.4) is 0 Å². The maximum absolute atomic E-state index is 11.1. The summed E-state index contributed by atoms with van der Waals surface area (Å²) in [5.41, 5.74) is 2.61. The first-order chi connectivity index (χ1) is 17.0. The van der Waals surface area contributed by atoms with E-state index in [0.29, 0.717) is 22.8 Å². The summed E-state index contributed by atoms with van der Waals surface area (Å²) in [5.74, 6) is 0.703. The zero-order valence-corrected chi connectivity index (χ0v) is 21.3. The molecular formula is C28H36ClN3O3. The number of aryl methyl sites for hydroxylation is 1. The zero-order chi connectivity index (χ0) is 24.7. The van der Waals surface area contributed by atoms with Crippen LogP contribution in [0.2, 0.25) is 5.02 Å². The van der Waals surface area contributed by atoms with Crippen molar-refractivity contribution in [2.45, 2.75) is 51.0 Å². The highest BCUT2D eigenvalue weighted by molar-refractivity contribution is 6.32. The van der Waals surface area contributed by atoms with E-state index in [0.717, 1.165) is 69.1 Å². The molecule has 0 aliphatic carbocycles. The first-order valence-corrected chi connectivity index (χ1v) is 12.9. The lowest BCUT2D eigenvalue weighted by molar-refractivity contribution is 0.0233. The molecule has 0 saturated carbocycles. The number of aromatic nitrogens is 2. The second-order valence-corrected chi connectivity index (χ2v) is 10.2. The van der Waals surface area contributed by atoms with Crippen LogP contribution in [-0.2, 0) is 6.42 Å². The molecule has 1 aliphatic rings. The molecule has 1 saturated heterocycles. The Bertz CT molecular complexity index is 1090. The van der Waals surface area contributed by atoms with Gasteiger partial charge in [-0.25, -0.2) is 0 Å². The summed E-state index contributed by atoms with van der Waals surface area (Å²) < 4.78 is 5.36. The minimum atomic E-state index is -0.728. The normalized spacial score (nSPS) is 16.9. The minimum absolute atomic E-state index is 0.146. The Morgan fingerprint density at radius 3 is 2.71 bits per heavy atom. The topological polar surface area (TPSA) is 78.7 Å². The molecule has 0 bridgehead atoms. The van der Waals surface area contributed by atoms with Crippen LogP contribution in [0.4, 0.5) is 0 Å². The van der Waals surface area contributed by atoms with Gasteiger partial charge in [0.25, 0.3) is 0 Å². The van der Waals surface area contributed by atoms with Crippen molar-refractivity contribution in [3.8, 4) is 5.75 Å². The van der Waals surface area contributed by atoms with Crippen LogP contribution < -0.4 is 4.74 Å². The van der Waals surface area contributed by atoms with Crippen LogP contribution in [0, 0.1) is 5.41 Å². The lowest BCUT2D eigenvalue weighted by Crippen LogP contribution is -2.42. The number of aliphatic hydroxyl groups is 2. The second kappa shape index (κ2) is 12.1. The number of halogens is 1. The molecule has 6 nitrogen and oxygen atoms in total. The van der Waals surface area contributed by atoms with Crippen molar-refractivity contribution in [1.82, 2.24) is 14.9 Å². The fourth-order valence-electron chi connectivity index (χ4n) is 5.17. The molecule has 1 aliphatic heterocycles. The van der Waals surface area contributed by atoms with E-state index in [1.54, 1.807) is 13.3 Å². The number of hydrogen-bond donors (Lipinski definition) is 2. The first-order valence-electron chi connectivity index (χ1n) is 12.6. The van der Waals surface area contributed by atoms with Gasteiger partial charge >= 0.3 is 0 Å². The number of likely N-dealkylation sites (tertiary alicyclic amines) is 1. The van der Waals surface area contributed by atoms with Crippen molar-refractivity contribution < 1.29 is 14.9 Å². The van der Waals surface area contributed by atoms with Crippen LogP contribution in [0.5, 0.6) is 5.75 Å². The van der Waals surface area contributed by atoms with Crippen molar-refractivity contribution in [1.29, 1.82) is 0 Å². The number of nitrogens with zero attached hydrogens (tertiary/aromatic N) is 3. The maximum atomic E-state index is 11.1. The summed E-state index contributed by atoms with van der Waals surface area (Å²) in [6.45, 7) is 3.21. The molecule has 188 valence electrons. The van der Waals surface area contributed by atoms with Gasteiger partial charge in [-0.2, -0.15) is 0 Å². The van der Waals surface area contributed by atoms with Gasteiger partial charge < -0.3 is 19.8 Å². The monoisotopic (exact) mass is 497 g/mol. The average molecular weight is 498 g/mol. The van der Waals surface area contributed by atoms with Gasteiger partial charge in [0.05, 0.1) is 23.8 Å². The Morgan fingerprint density at radius 1 is 1.17 bits per heavy atom. The molecule has 4 rings (SSSR count). The molecule has 3 aromatic rings. The summed E-state index contributed by atoms with van der Waals surface area (Å²) >= 11 is 6.48. The van der Waals surface area contributed by atoms with Gasteiger partial charge in [-0.1, -0.05) is 17.7 Å². The number of aliphatic hydroxyl groups excluding tert-OH is 2. The summed E-state index contributed by atoms with van der Waals surface area (Å²) in [4.78, 5) is 11.1. The number of rotatable bonds is 11. The smallest absolute Gasteiger partial charge is 0.119 e. The number of ether oxygens (including phenoxy) is 1. The average Bonchev–Trinajstić information content (AvgIpc) is 2.90. The molecular weight excluding hydrogens is 462 g/mol. The van der Waals surface area contributed by atoms with Crippen LogP contribution >= 0.6 is 11.6 Å². The van der Waals surface area contributed by atoms with E-state index in [-0.39, 0.29) is 12.0 Å². The highest BCUT2D eigenvalue weighted by atomic mass is 35.5. The van der Waals surface area contributed by atoms with E-state index in [4.69, 9.17) is 16.3 Å². The predicted molar refractivity (Wildman–Crippen MR) is 140 cm³/mol. The summed E-state index contributed by atoms with van der Waals surface area (Å²) in [6.07, 6.45) is 11.2. The van der Waals surface area contributed by atoms with E-state index >= 15 is 0 Å². The number of methoxy groups -OCH3 is 1. The highest BCUT2D eigenvalue weighted by Gasteiger charge is 2.34. The van der Waals surface area contributed by atoms with Crippen LogP contribution in [0.1, 0.15) is 55.8 Å². The van der Waals surface area contributed by atoms with Crippen LogP contribution in [-0.4, -0.2) is 58.4 Å². The zero-order valence-electron chi connectivity index (χ0n) is 20.5. The fourth-order valence-corrected chi connectivity index (χ4v) is 5.45. The number of pyridine rings is 2. The molecule has 0 amide bonds. The van der Waals surface area contributed by atoms with Gasteiger partial charge in [0, 0.05) is 36.1 Å². The highest BCUT2D eigenvalue weighted by Crippen LogP contribution is 2.40. The molecule has 7 heteroatoms. The third-order valence-electron chi connectivity index (χ3n) is 7.51. The van der Waals surface area contributed by atoms with Gasteiger partial charge in [-0.05, 0) is 99.8 Å². The molecule has 3 heterocycles. The van der Waals surface area contributed by atoms with Crippen molar-refractivity contribution in [2.75, 3.05) is 33.4 Å². The quantitative estimate of drug-likeness (QED) is 0.354. The summed E-state index contributed by atoms with van der Waals surface area (Å²) in [6, 6.07) is 9.74. The van der Waals surface area contributed by atoms with Crippen molar-refractivity contribution in [3.05, 3.63) is 65.1 Å². The molecule has 0 unspecified atom stereocenters. The molecule has 35 heavy (non-hydrogen) atoms. The fraction of sp³-hybridized carbons (Fsp3) is 0.500. The van der Waals surface area contributed by atoms with E-state index in [1.165, 1.54) is 5.56 Å². The van der Waals surface area contributed by atoms with Crippen molar-refractivity contribution in [3.63, 3.8) is 0 Å². The minimum Gasteiger partial charge on any atom is -0.497 e. The SMILES string of the molecule is COc1ccc2ncc(Cl)c([C@@H](O)CCC3(CO)CCN(CCCCc4cccnc4)CC3)c2c1. The van der Waals surface area contributed by atoms with Gasteiger partial charge in [-0.3, -0.25) is 9.97 Å². The number of piperidine rings is 1. The molecule has 1 fully saturated rings. The predicted octanol–water partition coefficient (Wildman–Crippen LogP) is 5.20. The Labute approximate surface area is 212 Å². The molecule has 2 aromatic heterocycles. The van der Waals surface area contributed by atoms with Gasteiger partial charge in [0.1, 0.15) is 5.75 Å². The Hall–Kier alpha value is -2.25. The van der Waals surface area contributed by atoms with E-state index < -0.39 is 6.10 Å². The first kappa shape index (κ1) is 25.8. The molecule has 0 spiro atoms. The lowest BCUT2D eigenvalue weighted by Gasteiger charge is -2.41. The third-order valence-corrected chi connectivity index (χ3v) is 7.82. The number of unbranched alkanes of at least 4 members (excludes halogenated alkanes) is 1. The molecule has 1 aromatic carbocycles. The largest absolute Gasteiger partial charge is 0.497 e. The molecule has 1 atom stereocenters. The third kappa shape index (κ3) is 6.50. The standard InChI is InChI=1S/C28H36ClN3O3/c1-35-22-7-8-25-23(17-22)27(24(29)19-31-25)26(34)9-10-28(20-33)11-15-32(16-12-28)14-3-2-5-21-6-4-13-30-18-21/h4,6-8,13,17-19,26,33-34H,2-3,5,9-12,14-16,20H2,1H3/t26-/m0/s1. The van der Waals surface area contributed by atoms with Crippen molar-refractivity contribution >= 4 is 22.5 Å². The molecule has 0 radical (unpaired) electrons. The second-order valence-electron chi connectivity index (χ2n) is 9.78. The number of fused-ring (bicyclic) bond motifs is 1. The Morgan fingerprint density at radius 2 is 2.00 bits per heavy atom. The van der Waals surface area contributed by atoms with E-state index in [9.17, 15) is 10.2 Å². The Kier molecular flexibility index (Phi) is 8.95. The summed E-state index contributed by atoms with van der Waals surface area (Å²) in [5, 5.41) is 22.7. The maximum Gasteiger partial charge on any atom is 0.119 e. The number of benzene rings is 1. The number of hydrogen-bond acceptors (Lipinski definition) is 6. The van der Waals surface area contributed by atoms with E-state index in [1.807, 2.05) is 36.7 Å². The summed E-state index contributed by atoms with van der Waals surface area (Å²) in [7, 11) is 1.62. The van der Waals surface area contributed by atoms with Crippen molar-refractivity contribution in [2.24, 2.45) is 5.41 Å². The Balaban J connectivity index is 1.30. The molecule has 2 N–H and O–H groups in total. The van der Waals surface area contributed by atoms with Gasteiger partial charge in [0.2, 0.25) is 0 Å². The van der Waals surface area contributed by atoms with Crippen LogP contribution in [0.25, 0.3) is 10.9 Å². The lowest BCUT2D eigenvalue weighted by atomic mass is 9.74. The van der Waals surface area contributed by atoms with Gasteiger partial charge in [0.15, 0.2) is 0 Å². The van der Waals surface area contributed by atoms with Gasteiger partial charge in [-0.15, -0.1) is 0 Å². The van der Waals surface area contributed by atoms with Crippen LogP contribution in [0.15, 0.2) is 48.9 Å².